The Morgan fingerprint density at radius 1 is 0.792 bits per heavy atom. The molecule has 0 radical (unpaired) electrons. The van der Waals surface area contributed by atoms with Crippen molar-refractivity contribution in [3.05, 3.63) is 35.9 Å². The van der Waals surface area contributed by atoms with Gasteiger partial charge in [0.15, 0.2) is 0 Å². The highest BCUT2D eigenvalue weighted by Gasteiger charge is 2.59. The summed E-state index contributed by atoms with van der Waals surface area (Å²) in [5.41, 5.74) is 3.11. The van der Waals surface area contributed by atoms with E-state index in [1.807, 2.05) is 0 Å². The van der Waals surface area contributed by atoms with Crippen LogP contribution in [0.15, 0.2) is 30.3 Å². The van der Waals surface area contributed by atoms with Gasteiger partial charge in [-0.05, 0) is 118 Å². The molecular formula is C24H34. The summed E-state index contributed by atoms with van der Waals surface area (Å²) in [4.78, 5) is 0. The SMILES string of the molecule is c1ccc(CCCC(C23CCC(CC2)C3)C23CCC(CC2)C3)cc1. The van der Waals surface area contributed by atoms with Crippen LogP contribution in [0.25, 0.3) is 0 Å². The van der Waals surface area contributed by atoms with Crippen LogP contribution in [-0.2, 0) is 6.42 Å². The molecule has 1 aromatic rings. The highest BCUT2D eigenvalue weighted by atomic mass is 14.6. The third-order valence-electron chi connectivity index (χ3n) is 8.87. The fraction of sp³-hybridized carbons (Fsp3) is 0.750. The number of aryl methyl sites for hydroxylation is 1. The van der Waals surface area contributed by atoms with E-state index in [1.54, 1.807) is 69.8 Å². The zero-order valence-electron chi connectivity index (χ0n) is 15.3. The molecule has 24 heavy (non-hydrogen) atoms. The summed E-state index contributed by atoms with van der Waals surface area (Å²) < 4.78 is 0. The lowest BCUT2D eigenvalue weighted by atomic mass is 9.57. The van der Waals surface area contributed by atoms with Crippen molar-refractivity contribution in [1.82, 2.24) is 0 Å². The third kappa shape index (κ3) is 2.47. The van der Waals surface area contributed by atoms with Crippen molar-refractivity contribution in [3.63, 3.8) is 0 Å². The minimum Gasteiger partial charge on any atom is -0.0622 e. The Morgan fingerprint density at radius 3 is 1.79 bits per heavy atom. The lowest BCUT2D eigenvalue weighted by molar-refractivity contribution is 0.0221. The van der Waals surface area contributed by atoms with E-state index >= 15 is 0 Å². The molecule has 4 aliphatic carbocycles. The van der Waals surface area contributed by atoms with Crippen molar-refractivity contribution in [2.75, 3.05) is 0 Å². The smallest absolute Gasteiger partial charge is 0.0261 e. The molecule has 0 atom stereocenters. The minimum absolute atomic E-state index is 0.778. The summed E-state index contributed by atoms with van der Waals surface area (Å²) in [5.74, 6) is 3.28. The molecular weight excluding hydrogens is 288 g/mol. The maximum Gasteiger partial charge on any atom is -0.0261 e. The molecule has 0 heterocycles. The van der Waals surface area contributed by atoms with Gasteiger partial charge in [-0.3, -0.25) is 0 Å². The van der Waals surface area contributed by atoms with Gasteiger partial charge < -0.3 is 0 Å². The Kier molecular flexibility index (Phi) is 3.80. The number of hydrogen-bond acceptors (Lipinski definition) is 0. The van der Waals surface area contributed by atoms with E-state index < -0.39 is 0 Å². The van der Waals surface area contributed by atoms with Crippen LogP contribution in [0, 0.1) is 28.6 Å². The molecule has 0 heteroatoms. The molecule has 0 saturated heterocycles. The van der Waals surface area contributed by atoms with Crippen LogP contribution in [0.4, 0.5) is 0 Å². The standard InChI is InChI=1S/C24H34/c1-2-5-19(6-3-1)7-4-8-22(23-13-9-20(17-23)10-14-23)24-15-11-21(18-24)12-16-24/h1-3,5-6,20-22H,4,7-18H2. The van der Waals surface area contributed by atoms with Gasteiger partial charge in [0.2, 0.25) is 0 Å². The minimum atomic E-state index is 0.778. The van der Waals surface area contributed by atoms with Crippen molar-refractivity contribution in [2.45, 2.75) is 83.5 Å². The summed E-state index contributed by atoms with van der Waals surface area (Å²) in [7, 11) is 0. The predicted octanol–water partition coefficient (Wildman–Crippen LogP) is 6.79. The van der Waals surface area contributed by atoms with Crippen molar-refractivity contribution in [1.29, 1.82) is 0 Å². The van der Waals surface area contributed by atoms with Gasteiger partial charge in [0.25, 0.3) is 0 Å². The van der Waals surface area contributed by atoms with E-state index in [0.29, 0.717) is 0 Å². The molecule has 0 unspecified atom stereocenters. The molecule has 0 amide bonds. The van der Waals surface area contributed by atoms with Crippen molar-refractivity contribution in [3.8, 4) is 0 Å². The zero-order chi connectivity index (χ0) is 16.0. The fourth-order valence-electron chi connectivity index (χ4n) is 7.87. The average Bonchev–Trinajstić information content (AvgIpc) is 3.40. The van der Waals surface area contributed by atoms with E-state index in [2.05, 4.69) is 30.3 Å². The molecule has 0 N–H and O–H groups in total. The fourth-order valence-corrected chi connectivity index (χ4v) is 7.87. The van der Waals surface area contributed by atoms with Gasteiger partial charge in [0, 0.05) is 0 Å². The van der Waals surface area contributed by atoms with Gasteiger partial charge in [-0.25, -0.2) is 0 Å². The maximum absolute atomic E-state index is 2.33. The van der Waals surface area contributed by atoms with Crippen LogP contribution >= 0.6 is 0 Å². The van der Waals surface area contributed by atoms with E-state index in [9.17, 15) is 0 Å². The van der Waals surface area contributed by atoms with Crippen LogP contribution in [0.1, 0.15) is 82.6 Å². The molecule has 1 aromatic carbocycles. The van der Waals surface area contributed by atoms with E-state index in [1.165, 1.54) is 19.3 Å². The Balaban J connectivity index is 1.34. The van der Waals surface area contributed by atoms with Crippen LogP contribution in [0.5, 0.6) is 0 Å². The second kappa shape index (κ2) is 5.89. The molecule has 4 aliphatic rings. The van der Waals surface area contributed by atoms with Crippen LogP contribution < -0.4 is 0 Å². The summed E-state index contributed by atoms with van der Waals surface area (Å²) in [6.07, 6.45) is 20.1. The molecule has 130 valence electrons. The van der Waals surface area contributed by atoms with Crippen molar-refractivity contribution < 1.29 is 0 Å². The first kappa shape index (κ1) is 15.5. The first-order valence-corrected chi connectivity index (χ1v) is 10.8. The second-order valence-electron chi connectivity index (χ2n) is 9.95. The molecule has 0 spiro atoms. The third-order valence-corrected chi connectivity index (χ3v) is 8.87. The number of hydrogen-bond donors (Lipinski definition) is 0. The molecule has 0 nitrogen and oxygen atoms in total. The quantitative estimate of drug-likeness (QED) is 0.541. The molecule has 4 bridgehead atoms. The highest BCUT2D eigenvalue weighted by Crippen LogP contribution is 2.69. The maximum atomic E-state index is 2.33. The van der Waals surface area contributed by atoms with Gasteiger partial charge in [-0.2, -0.15) is 0 Å². The van der Waals surface area contributed by atoms with E-state index in [0.717, 1.165) is 28.6 Å². The van der Waals surface area contributed by atoms with Crippen molar-refractivity contribution >= 4 is 0 Å². The normalized spacial score (nSPS) is 41.2. The number of fused-ring (bicyclic) bond motifs is 4. The summed E-state index contributed by atoms with van der Waals surface area (Å²) in [6.45, 7) is 0. The topological polar surface area (TPSA) is 0 Å². The van der Waals surface area contributed by atoms with Crippen LogP contribution in [0.3, 0.4) is 0 Å². The number of rotatable bonds is 6. The predicted molar refractivity (Wildman–Crippen MR) is 101 cm³/mol. The zero-order valence-corrected chi connectivity index (χ0v) is 15.3. The first-order valence-electron chi connectivity index (χ1n) is 10.8. The largest absolute Gasteiger partial charge is 0.0622 e. The lowest BCUT2D eigenvalue weighted by Crippen LogP contribution is -2.39. The van der Waals surface area contributed by atoms with Crippen molar-refractivity contribution in [2.24, 2.45) is 28.6 Å². The van der Waals surface area contributed by atoms with E-state index in [-0.39, 0.29) is 0 Å². The van der Waals surface area contributed by atoms with Gasteiger partial charge in [0.1, 0.15) is 0 Å². The monoisotopic (exact) mass is 322 g/mol. The van der Waals surface area contributed by atoms with Gasteiger partial charge >= 0.3 is 0 Å². The van der Waals surface area contributed by atoms with Crippen LogP contribution in [-0.4, -0.2) is 0 Å². The summed E-state index contributed by atoms with van der Waals surface area (Å²) >= 11 is 0. The molecule has 5 rings (SSSR count). The Labute approximate surface area is 148 Å². The number of benzene rings is 1. The van der Waals surface area contributed by atoms with Crippen LogP contribution in [0.2, 0.25) is 0 Å². The molecule has 0 aromatic heterocycles. The average molecular weight is 323 g/mol. The highest BCUT2D eigenvalue weighted by molar-refractivity contribution is 5.15. The Bertz CT molecular complexity index is 525. The molecule has 4 fully saturated rings. The summed E-state index contributed by atoms with van der Waals surface area (Å²) in [5, 5.41) is 0. The Morgan fingerprint density at radius 2 is 1.33 bits per heavy atom. The van der Waals surface area contributed by atoms with Gasteiger partial charge in [-0.1, -0.05) is 30.3 Å². The molecule has 0 aliphatic heterocycles. The molecule has 4 saturated carbocycles. The van der Waals surface area contributed by atoms with E-state index in [4.69, 9.17) is 0 Å². The first-order chi connectivity index (χ1) is 11.8. The van der Waals surface area contributed by atoms with Gasteiger partial charge in [0.05, 0.1) is 0 Å². The lowest BCUT2D eigenvalue weighted by Gasteiger charge is -2.47. The second-order valence-corrected chi connectivity index (χ2v) is 9.95. The summed E-state index contributed by atoms with van der Waals surface area (Å²) in [6, 6.07) is 11.2. The van der Waals surface area contributed by atoms with Gasteiger partial charge in [-0.15, -0.1) is 0 Å². The Hall–Kier alpha value is -0.780.